The first-order chi connectivity index (χ1) is 17.8. The Morgan fingerprint density at radius 2 is 1.35 bits per heavy atom. The number of nitrogens with zero attached hydrogens (tertiary/aromatic N) is 4. The third kappa shape index (κ3) is 10.2. The van der Waals surface area contributed by atoms with Gasteiger partial charge >= 0.3 is 23.9 Å². The number of hydrogen-bond donors (Lipinski definition) is 0. The van der Waals surface area contributed by atoms with Crippen LogP contribution < -0.4 is 0 Å². The fourth-order valence-electron chi connectivity index (χ4n) is 3.80. The number of carbonyl (C=O) groups excluding carboxylic acids is 4. The van der Waals surface area contributed by atoms with Gasteiger partial charge in [0.15, 0.2) is 0 Å². The van der Waals surface area contributed by atoms with E-state index < -0.39 is 11.9 Å². The van der Waals surface area contributed by atoms with Crippen LogP contribution in [0.15, 0.2) is 30.0 Å². The number of methoxy groups -OCH3 is 2. The van der Waals surface area contributed by atoms with Gasteiger partial charge in [0.2, 0.25) is 0 Å². The van der Waals surface area contributed by atoms with Crippen molar-refractivity contribution in [2.75, 3.05) is 66.7 Å². The number of aromatic nitrogens is 1. The monoisotopic (exact) mass is 520 g/mol. The number of carbonyl (C=O) groups is 4. The summed E-state index contributed by atoms with van der Waals surface area (Å²) in [4.78, 5) is 59.3. The Hall–Kier alpha value is -3.51. The Morgan fingerprint density at radius 3 is 1.78 bits per heavy atom. The number of hydrogen-bond acceptors (Lipinski definition) is 12. The van der Waals surface area contributed by atoms with E-state index in [0.29, 0.717) is 26.2 Å². The van der Waals surface area contributed by atoms with Crippen molar-refractivity contribution in [3.05, 3.63) is 41.4 Å². The van der Waals surface area contributed by atoms with Crippen LogP contribution in [-0.4, -0.2) is 110 Å². The molecule has 0 saturated heterocycles. The average Bonchev–Trinajstić information content (AvgIpc) is 2.86. The Balaban J connectivity index is 2.43. The van der Waals surface area contributed by atoms with Gasteiger partial charge in [-0.2, -0.15) is 0 Å². The average molecular weight is 521 g/mol. The minimum absolute atomic E-state index is 0.00947. The molecule has 1 aliphatic rings. The van der Waals surface area contributed by atoms with Crippen LogP contribution >= 0.6 is 0 Å². The summed E-state index contributed by atoms with van der Waals surface area (Å²) in [6, 6.07) is 5.60. The molecular weight excluding hydrogens is 484 g/mol. The number of pyridine rings is 1. The molecule has 12 nitrogen and oxygen atoms in total. The molecule has 0 spiro atoms. The molecule has 37 heavy (non-hydrogen) atoms. The first kappa shape index (κ1) is 29.7. The van der Waals surface area contributed by atoms with E-state index >= 15 is 0 Å². The Kier molecular flexibility index (Phi) is 12.5. The van der Waals surface area contributed by atoms with Gasteiger partial charge in [-0.1, -0.05) is 6.07 Å². The highest BCUT2D eigenvalue weighted by Gasteiger charge is 2.24. The molecule has 1 aromatic heterocycles. The van der Waals surface area contributed by atoms with E-state index in [1.807, 2.05) is 28.0 Å². The van der Waals surface area contributed by atoms with Gasteiger partial charge in [-0.25, -0.2) is 9.59 Å². The fourth-order valence-corrected chi connectivity index (χ4v) is 3.80. The standard InChI is InChI=1S/C25H36N4O8/c1-5-36-23(31)17-27-10-12-29(21(25(33)35-4)14-22(30)34-3)13-11-28(18-24(32)37-6-2)16-20-9-7-8-19(15-27)26-20/h7-9,14H,5-6,10-13,15-18H2,1-4H3. The molecule has 204 valence electrons. The van der Waals surface area contributed by atoms with Crippen LogP contribution in [0.3, 0.4) is 0 Å². The van der Waals surface area contributed by atoms with Crippen molar-refractivity contribution < 1.29 is 38.1 Å². The van der Waals surface area contributed by atoms with Gasteiger partial charge in [0.25, 0.3) is 0 Å². The van der Waals surface area contributed by atoms with Gasteiger partial charge in [0.05, 0.1) is 58.0 Å². The van der Waals surface area contributed by atoms with Gasteiger partial charge in [-0.3, -0.25) is 24.4 Å². The summed E-state index contributed by atoms with van der Waals surface area (Å²) in [6.07, 6.45) is 1.08. The van der Waals surface area contributed by atoms with Crippen molar-refractivity contribution in [1.82, 2.24) is 19.7 Å². The second kappa shape index (κ2) is 15.6. The summed E-state index contributed by atoms with van der Waals surface area (Å²) in [5.74, 6) is -2.18. The number of ether oxygens (including phenoxy) is 4. The van der Waals surface area contributed by atoms with Crippen molar-refractivity contribution in [2.24, 2.45) is 0 Å². The fraction of sp³-hybridized carbons (Fsp3) is 0.560. The zero-order valence-electron chi connectivity index (χ0n) is 21.9. The minimum Gasteiger partial charge on any atom is -0.466 e. The number of esters is 4. The zero-order chi connectivity index (χ0) is 27.2. The minimum atomic E-state index is -0.711. The van der Waals surface area contributed by atoms with Gasteiger partial charge < -0.3 is 23.8 Å². The molecule has 0 saturated carbocycles. The van der Waals surface area contributed by atoms with Crippen molar-refractivity contribution in [2.45, 2.75) is 26.9 Å². The maximum atomic E-state index is 12.6. The van der Waals surface area contributed by atoms with Crippen molar-refractivity contribution >= 4 is 23.9 Å². The van der Waals surface area contributed by atoms with Gasteiger partial charge in [0.1, 0.15) is 5.70 Å². The van der Waals surface area contributed by atoms with E-state index in [1.165, 1.54) is 14.2 Å². The lowest BCUT2D eigenvalue weighted by Crippen LogP contribution is -2.43. The molecule has 12 heteroatoms. The lowest BCUT2D eigenvalue weighted by molar-refractivity contribution is -0.145. The summed E-state index contributed by atoms with van der Waals surface area (Å²) < 4.78 is 19.9. The van der Waals surface area contributed by atoms with E-state index in [4.69, 9.17) is 23.9 Å². The summed E-state index contributed by atoms with van der Waals surface area (Å²) in [5.41, 5.74) is 1.49. The smallest absolute Gasteiger partial charge is 0.354 e. The van der Waals surface area contributed by atoms with Crippen LogP contribution in [0, 0.1) is 0 Å². The van der Waals surface area contributed by atoms with E-state index in [0.717, 1.165) is 17.5 Å². The molecule has 0 unspecified atom stereocenters. The maximum Gasteiger partial charge on any atom is 0.354 e. The highest BCUT2D eigenvalue weighted by molar-refractivity contribution is 5.95. The Labute approximate surface area is 217 Å². The molecule has 0 amide bonds. The first-order valence-corrected chi connectivity index (χ1v) is 12.1. The molecule has 1 aromatic rings. The first-order valence-electron chi connectivity index (χ1n) is 12.1. The topological polar surface area (TPSA) is 128 Å². The van der Waals surface area contributed by atoms with Crippen molar-refractivity contribution in [3.63, 3.8) is 0 Å². The van der Waals surface area contributed by atoms with Crippen molar-refractivity contribution in [1.29, 1.82) is 0 Å². The molecule has 1 aliphatic heterocycles. The SMILES string of the molecule is CCOC(=O)CN1CCN(C(=CC(=O)OC)C(=O)OC)CCN(CC(=O)OCC)Cc2cccc(n2)C1. The lowest BCUT2D eigenvalue weighted by Gasteiger charge is -2.32. The van der Waals surface area contributed by atoms with Crippen LogP contribution in [0.1, 0.15) is 25.2 Å². The van der Waals surface area contributed by atoms with Crippen LogP contribution in [0.4, 0.5) is 0 Å². The summed E-state index contributed by atoms with van der Waals surface area (Å²) in [6.45, 7) is 5.98. The highest BCUT2D eigenvalue weighted by Crippen LogP contribution is 2.13. The molecule has 2 heterocycles. The predicted molar refractivity (Wildman–Crippen MR) is 132 cm³/mol. The predicted octanol–water partition coefficient (Wildman–Crippen LogP) is 0.357. The van der Waals surface area contributed by atoms with E-state index in [9.17, 15) is 19.2 Å². The molecule has 0 radical (unpaired) electrons. The van der Waals surface area contributed by atoms with Crippen LogP contribution in [0.25, 0.3) is 0 Å². The quantitative estimate of drug-likeness (QED) is 0.253. The van der Waals surface area contributed by atoms with Crippen LogP contribution in [0.5, 0.6) is 0 Å². The summed E-state index contributed by atoms with van der Waals surface area (Å²) in [5, 5.41) is 0. The molecule has 2 bridgehead atoms. The molecule has 0 fully saturated rings. The van der Waals surface area contributed by atoms with Crippen LogP contribution in [0.2, 0.25) is 0 Å². The third-order valence-electron chi connectivity index (χ3n) is 5.51. The Morgan fingerprint density at radius 1 is 0.838 bits per heavy atom. The molecule has 0 atom stereocenters. The summed E-state index contributed by atoms with van der Waals surface area (Å²) >= 11 is 0. The van der Waals surface area contributed by atoms with E-state index in [2.05, 4.69) is 0 Å². The number of rotatable bonds is 9. The van der Waals surface area contributed by atoms with Gasteiger partial charge in [0, 0.05) is 39.3 Å². The lowest BCUT2D eigenvalue weighted by atomic mass is 10.2. The number of fused-ring (bicyclic) bond motifs is 2. The van der Waals surface area contributed by atoms with E-state index in [1.54, 1.807) is 18.7 Å². The molecular formula is C25H36N4O8. The summed E-state index contributed by atoms with van der Waals surface area (Å²) in [7, 11) is 2.44. The second-order valence-electron chi connectivity index (χ2n) is 8.18. The Bertz CT molecular complexity index is 919. The molecule has 0 aromatic carbocycles. The second-order valence-corrected chi connectivity index (χ2v) is 8.18. The molecule has 2 rings (SSSR count). The molecule has 0 N–H and O–H groups in total. The van der Waals surface area contributed by atoms with Crippen LogP contribution in [-0.2, 0) is 51.2 Å². The highest BCUT2D eigenvalue weighted by atomic mass is 16.5. The third-order valence-corrected chi connectivity index (χ3v) is 5.51. The van der Waals surface area contributed by atoms with Gasteiger partial charge in [-0.05, 0) is 26.0 Å². The molecule has 0 aliphatic carbocycles. The normalized spacial score (nSPS) is 15.7. The zero-order valence-corrected chi connectivity index (χ0v) is 21.9. The van der Waals surface area contributed by atoms with E-state index in [-0.39, 0.29) is 57.0 Å². The maximum absolute atomic E-state index is 12.6. The van der Waals surface area contributed by atoms with Crippen molar-refractivity contribution in [3.8, 4) is 0 Å². The largest absolute Gasteiger partial charge is 0.466 e. The van der Waals surface area contributed by atoms with Gasteiger partial charge in [-0.15, -0.1) is 0 Å².